The number of nitrogens with zero attached hydrogens (tertiary/aromatic N) is 1. The zero-order chi connectivity index (χ0) is 20.4. The van der Waals surface area contributed by atoms with Crippen LogP contribution in [0, 0.1) is 11.8 Å². The van der Waals surface area contributed by atoms with Crippen molar-refractivity contribution in [3.05, 3.63) is 66.2 Å². The first-order valence-corrected chi connectivity index (χ1v) is 10.8. The first-order valence-electron chi connectivity index (χ1n) is 9.27. The lowest BCUT2D eigenvalue weighted by atomic mass is 9.74. The number of allylic oxidation sites excluding steroid dienone is 2. The van der Waals surface area contributed by atoms with E-state index in [1.807, 2.05) is 0 Å². The number of rotatable bonds is 6. The van der Waals surface area contributed by atoms with Gasteiger partial charge in [0.15, 0.2) is 0 Å². The average molecular weight is 411 g/mol. The number of anilines is 1. The minimum atomic E-state index is -3.89. The Morgan fingerprint density at radius 1 is 1.17 bits per heavy atom. The summed E-state index contributed by atoms with van der Waals surface area (Å²) >= 11 is 0. The standard InChI is InChI=1S/C21H21N3O4S/c1-28-20-11-3-2-10-18(20)24-29(26,27)16-8-4-7-15(12-16)21(25)23-22-19-13-14-6-5-9-17(14)19/h2-8,10-12,14,17,24H,9,13H2,1H3,(H,23,25)/b22-19-/t14-,17-/m1/s1. The van der Waals surface area contributed by atoms with E-state index in [-0.39, 0.29) is 10.5 Å². The van der Waals surface area contributed by atoms with Gasteiger partial charge in [0, 0.05) is 17.2 Å². The highest BCUT2D eigenvalue weighted by molar-refractivity contribution is 7.92. The van der Waals surface area contributed by atoms with Crippen LogP contribution in [0.5, 0.6) is 5.75 Å². The summed E-state index contributed by atoms with van der Waals surface area (Å²) in [7, 11) is -2.43. The minimum Gasteiger partial charge on any atom is -0.495 e. The number of hydrogen-bond donors (Lipinski definition) is 2. The Morgan fingerprint density at radius 3 is 2.79 bits per heavy atom. The van der Waals surface area contributed by atoms with Crippen LogP contribution in [0.3, 0.4) is 0 Å². The first kappa shape index (κ1) is 19.2. The van der Waals surface area contributed by atoms with Crippen LogP contribution < -0.4 is 14.9 Å². The topological polar surface area (TPSA) is 96.9 Å². The number of methoxy groups -OCH3 is 1. The molecule has 0 spiro atoms. The maximum Gasteiger partial charge on any atom is 0.271 e. The Bertz CT molecular complexity index is 1110. The van der Waals surface area contributed by atoms with Crippen molar-refractivity contribution in [1.29, 1.82) is 0 Å². The molecule has 2 aromatic carbocycles. The van der Waals surface area contributed by atoms with Gasteiger partial charge in [-0.15, -0.1) is 0 Å². The number of carbonyl (C=O) groups excluding carboxylic acids is 1. The summed E-state index contributed by atoms with van der Waals surface area (Å²) in [5, 5.41) is 4.23. The van der Waals surface area contributed by atoms with Gasteiger partial charge in [0.1, 0.15) is 5.75 Å². The van der Waals surface area contributed by atoms with Gasteiger partial charge >= 0.3 is 0 Å². The first-order chi connectivity index (χ1) is 14.0. The van der Waals surface area contributed by atoms with Gasteiger partial charge in [-0.3, -0.25) is 9.52 Å². The van der Waals surface area contributed by atoms with E-state index in [0.29, 0.717) is 23.3 Å². The molecular formula is C21H21N3O4S. The molecule has 0 aliphatic heterocycles. The second-order valence-corrected chi connectivity index (χ2v) is 8.70. The molecule has 0 aromatic heterocycles. The second kappa shape index (κ2) is 7.71. The summed E-state index contributed by atoms with van der Waals surface area (Å²) in [6.07, 6.45) is 6.15. The van der Waals surface area contributed by atoms with E-state index in [1.54, 1.807) is 30.3 Å². The molecule has 2 aliphatic rings. The number of carbonyl (C=O) groups is 1. The average Bonchev–Trinajstić information content (AvgIpc) is 3.09. The van der Waals surface area contributed by atoms with E-state index in [4.69, 9.17) is 4.74 Å². The summed E-state index contributed by atoms with van der Waals surface area (Å²) in [5.74, 6) is 0.898. The molecule has 7 nitrogen and oxygen atoms in total. The molecule has 2 N–H and O–H groups in total. The highest BCUT2D eigenvalue weighted by Crippen LogP contribution is 2.40. The van der Waals surface area contributed by atoms with E-state index < -0.39 is 15.9 Å². The molecule has 1 amide bonds. The van der Waals surface area contributed by atoms with E-state index in [1.165, 1.54) is 25.3 Å². The van der Waals surface area contributed by atoms with Crippen molar-refractivity contribution < 1.29 is 17.9 Å². The SMILES string of the molecule is COc1ccccc1NS(=O)(=O)c1cccc(C(=O)N/N=C2/C[C@H]3C=CC[C@@H]23)c1. The lowest BCUT2D eigenvalue weighted by Crippen LogP contribution is -2.35. The highest BCUT2D eigenvalue weighted by atomic mass is 32.2. The monoisotopic (exact) mass is 411 g/mol. The van der Waals surface area contributed by atoms with Crippen LogP contribution >= 0.6 is 0 Å². The Kier molecular flexibility index (Phi) is 5.10. The van der Waals surface area contributed by atoms with Gasteiger partial charge in [-0.2, -0.15) is 5.10 Å². The Labute approximate surface area is 169 Å². The van der Waals surface area contributed by atoms with E-state index in [2.05, 4.69) is 27.4 Å². The third-order valence-electron chi connectivity index (χ3n) is 5.22. The molecule has 0 unspecified atom stereocenters. The molecule has 8 heteroatoms. The lowest BCUT2D eigenvalue weighted by Gasteiger charge is -2.31. The predicted octanol–water partition coefficient (Wildman–Crippen LogP) is 3.18. The third-order valence-corrected chi connectivity index (χ3v) is 6.59. The Hall–Kier alpha value is -3.13. The number of sulfonamides is 1. The van der Waals surface area contributed by atoms with E-state index >= 15 is 0 Å². The molecule has 2 atom stereocenters. The molecule has 1 fully saturated rings. The van der Waals surface area contributed by atoms with Gasteiger partial charge in [-0.1, -0.05) is 30.4 Å². The van der Waals surface area contributed by atoms with Crippen molar-refractivity contribution in [3.63, 3.8) is 0 Å². The van der Waals surface area contributed by atoms with Gasteiger partial charge in [0.05, 0.1) is 17.7 Å². The number of para-hydroxylation sites is 2. The molecule has 2 aromatic rings. The van der Waals surface area contributed by atoms with Crippen LogP contribution in [-0.4, -0.2) is 27.1 Å². The fourth-order valence-electron chi connectivity index (χ4n) is 3.59. The number of fused-ring (bicyclic) bond motifs is 1. The number of ether oxygens (including phenoxy) is 1. The van der Waals surface area contributed by atoms with Crippen molar-refractivity contribution in [2.45, 2.75) is 17.7 Å². The van der Waals surface area contributed by atoms with Gasteiger partial charge in [-0.25, -0.2) is 13.8 Å². The zero-order valence-corrected chi connectivity index (χ0v) is 16.6. The van der Waals surface area contributed by atoms with Crippen LogP contribution in [0.2, 0.25) is 0 Å². The van der Waals surface area contributed by atoms with Crippen molar-refractivity contribution in [2.75, 3.05) is 11.8 Å². The maximum absolute atomic E-state index is 12.8. The van der Waals surface area contributed by atoms with Crippen LogP contribution in [-0.2, 0) is 10.0 Å². The predicted molar refractivity (Wildman–Crippen MR) is 110 cm³/mol. The maximum atomic E-state index is 12.8. The second-order valence-electron chi connectivity index (χ2n) is 7.02. The molecule has 150 valence electrons. The molecule has 0 saturated heterocycles. The number of hydrazone groups is 1. The van der Waals surface area contributed by atoms with Crippen LogP contribution in [0.4, 0.5) is 5.69 Å². The van der Waals surface area contributed by atoms with Crippen molar-refractivity contribution >= 4 is 27.3 Å². The summed E-state index contributed by atoms with van der Waals surface area (Å²) in [6.45, 7) is 0. The van der Waals surface area contributed by atoms with Crippen LogP contribution in [0.15, 0.2) is 70.7 Å². The fourth-order valence-corrected chi connectivity index (χ4v) is 4.70. The summed E-state index contributed by atoms with van der Waals surface area (Å²) < 4.78 is 33.2. The Morgan fingerprint density at radius 2 is 2.00 bits per heavy atom. The molecule has 0 bridgehead atoms. The van der Waals surface area contributed by atoms with Crippen LogP contribution in [0.25, 0.3) is 0 Å². The smallest absolute Gasteiger partial charge is 0.271 e. The number of nitrogens with one attached hydrogen (secondary N) is 2. The molecule has 0 heterocycles. The minimum absolute atomic E-state index is 0.0209. The molecule has 2 aliphatic carbocycles. The van der Waals surface area contributed by atoms with Gasteiger partial charge in [0.25, 0.3) is 15.9 Å². The van der Waals surface area contributed by atoms with Gasteiger partial charge < -0.3 is 4.74 Å². The summed E-state index contributed by atoms with van der Waals surface area (Å²) in [6, 6.07) is 12.6. The van der Waals surface area contributed by atoms with Gasteiger partial charge in [0.2, 0.25) is 0 Å². The molecular weight excluding hydrogens is 390 g/mol. The van der Waals surface area contributed by atoms with Crippen molar-refractivity contribution in [3.8, 4) is 5.75 Å². The van der Waals surface area contributed by atoms with E-state index in [0.717, 1.165) is 18.6 Å². The highest BCUT2D eigenvalue weighted by Gasteiger charge is 2.38. The summed E-state index contributed by atoms with van der Waals surface area (Å²) in [4.78, 5) is 12.4. The number of amides is 1. The number of hydrogen-bond acceptors (Lipinski definition) is 5. The van der Waals surface area contributed by atoms with Gasteiger partial charge in [-0.05, 0) is 49.1 Å². The normalized spacial score (nSPS) is 21.3. The largest absolute Gasteiger partial charge is 0.495 e. The van der Waals surface area contributed by atoms with Crippen molar-refractivity contribution in [2.24, 2.45) is 16.9 Å². The number of benzene rings is 2. The molecule has 0 radical (unpaired) electrons. The lowest BCUT2D eigenvalue weighted by molar-refractivity contribution is 0.0953. The third kappa shape index (κ3) is 3.88. The zero-order valence-electron chi connectivity index (χ0n) is 15.8. The Balaban J connectivity index is 1.49. The summed E-state index contributed by atoms with van der Waals surface area (Å²) in [5.41, 5.74) is 4.07. The molecule has 1 saturated carbocycles. The molecule has 29 heavy (non-hydrogen) atoms. The quantitative estimate of drug-likeness (QED) is 0.564. The van der Waals surface area contributed by atoms with Crippen molar-refractivity contribution in [1.82, 2.24) is 5.43 Å². The van der Waals surface area contributed by atoms with Crippen LogP contribution in [0.1, 0.15) is 23.2 Å². The van der Waals surface area contributed by atoms with E-state index in [9.17, 15) is 13.2 Å². The fraction of sp³-hybridized carbons (Fsp3) is 0.238. The molecule has 4 rings (SSSR count).